The third kappa shape index (κ3) is 6.41. The molecule has 2 amide bonds. The van der Waals surface area contributed by atoms with E-state index in [9.17, 15) is 39.3 Å². The highest BCUT2D eigenvalue weighted by Crippen LogP contribution is 2.39. The van der Waals surface area contributed by atoms with Crippen LogP contribution in [0.4, 0.5) is 11.4 Å². The number of halogens is 6. The minimum atomic E-state index is -1.39. The number of aliphatic hydroxyl groups excluding tert-OH is 1. The van der Waals surface area contributed by atoms with Gasteiger partial charge in [-0.1, -0.05) is 0 Å². The Morgan fingerprint density at radius 2 is 0.857 bits per heavy atom. The molecule has 17 heteroatoms. The highest BCUT2D eigenvalue weighted by Gasteiger charge is 2.32. The summed E-state index contributed by atoms with van der Waals surface area (Å²) in [5.74, 6) is -5.85. The van der Waals surface area contributed by atoms with Crippen LogP contribution in [0.1, 0.15) is 41.4 Å². The lowest BCUT2D eigenvalue weighted by molar-refractivity contribution is -0.118. The number of amides is 2. The predicted octanol–water partition coefficient (Wildman–Crippen LogP) is 4.59. The molecule has 0 heterocycles. The highest BCUT2D eigenvalue weighted by atomic mass is 127. The molecule has 35 heavy (non-hydrogen) atoms. The number of carboxylic acid groups (broad SMARTS) is 3. The van der Waals surface area contributed by atoms with Crippen molar-refractivity contribution in [3.8, 4) is 0 Å². The van der Waals surface area contributed by atoms with Crippen molar-refractivity contribution in [1.82, 2.24) is 0 Å². The average molecular weight is 1160 g/mol. The van der Waals surface area contributed by atoms with Gasteiger partial charge in [-0.05, 0) is 136 Å². The van der Waals surface area contributed by atoms with Gasteiger partial charge >= 0.3 is 17.9 Å². The molecule has 0 aliphatic carbocycles. The molecule has 2 aromatic carbocycles. The van der Waals surface area contributed by atoms with Gasteiger partial charge in [0.1, 0.15) is 6.61 Å². The van der Waals surface area contributed by atoms with Crippen molar-refractivity contribution in [3.05, 3.63) is 43.7 Å². The van der Waals surface area contributed by atoms with E-state index in [2.05, 4.69) is 10.6 Å². The molecule has 0 aromatic heterocycles. The van der Waals surface area contributed by atoms with Gasteiger partial charge in [0, 0.05) is 7.14 Å². The van der Waals surface area contributed by atoms with Crippen molar-refractivity contribution in [3.63, 3.8) is 0 Å². The van der Waals surface area contributed by atoms with Gasteiger partial charge in [0.2, 0.25) is 5.91 Å². The van der Waals surface area contributed by atoms with Crippen molar-refractivity contribution < 1.29 is 44.4 Å². The summed E-state index contributed by atoms with van der Waals surface area (Å²) in [6.07, 6.45) is 0. The van der Waals surface area contributed by atoms with Crippen LogP contribution in [0.15, 0.2) is 0 Å². The summed E-state index contributed by atoms with van der Waals surface area (Å²) in [4.78, 5) is 60.8. The van der Waals surface area contributed by atoms with E-state index in [1.165, 1.54) is 0 Å². The fourth-order valence-electron chi connectivity index (χ4n) is 2.67. The number of benzene rings is 2. The molecular formula is C18H8I6N2O9. The van der Waals surface area contributed by atoms with E-state index >= 15 is 0 Å². The summed E-state index contributed by atoms with van der Waals surface area (Å²) in [7, 11) is 0. The Kier molecular flexibility index (Phi) is 11.5. The van der Waals surface area contributed by atoms with Crippen LogP contribution in [-0.4, -0.2) is 56.8 Å². The molecule has 0 fully saturated rings. The van der Waals surface area contributed by atoms with Gasteiger partial charge in [0.25, 0.3) is 5.91 Å². The number of hydrogen-bond acceptors (Lipinski definition) is 6. The second-order valence-electron chi connectivity index (χ2n) is 6.21. The maximum Gasteiger partial charge on any atom is 0.337 e. The summed E-state index contributed by atoms with van der Waals surface area (Å²) in [5, 5.41) is 43.0. The summed E-state index contributed by atoms with van der Waals surface area (Å²) < 4.78 is 0.455. The third-order valence-electron chi connectivity index (χ3n) is 4.15. The average Bonchev–Trinajstić information content (AvgIpc) is 2.73. The molecule has 0 saturated heterocycles. The molecular weight excluding hydrogens is 1150 g/mol. The molecule has 0 atom stereocenters. The molecule has 0 spiro atoms. The van der Waals surface area contributed by atoms with Crippen LogP contribution in [0.5, 0.6) is 0 Å². The number of aromatic carboxylic acids is 3. The summed E-state index contributed by atoms with van der Waals surface area (Å²) in [6, 6.07) is 0. The molecule has 2 aromatic rings. The molecule has 0 aliphatic rings. The Morgan fingerprint density at radius 1 is 0.543 bits per heavy atom. The molecule has 2 rings (SSSR count). The maximum atomic E-state index is 13.4. The molecule has 0 saturated carbocycles. The Balaban J connectivity index is 2.84. The van der Waals surface area contributed by atoms with E-state index in [0.717, 1.165) is 0 Å². The number of rotatable bonds is 7. The summed E-state index contributed by atoms with van der Waals surface area (Å²) in [5.41, 5.74) is -1.11. The molecule has 6 N–H and O–H groups in total. The number of carboxylic acids is 3. The fourth-order valence-corrected chi connectivity index (χ4v) is 11.4. The summed E-state index contributed by atoms with van der Waals surface area (Å²) in [6.45, 7) is -0.878. The third-order valence-corrected chi connectivity index (χ3v) is 10.6. The lowest BCUT2D eigenvalue weighted by Gasteiger charge is -2.20. The highest BCUT2D eigenvalue weighted by molar-refractivity contribution is 14.1. The van der Waals surface area contributed by atoms with Crippen molar-refractivity contribution in [2.75, 3.05) is 17.2 Å². The second-order valence-corrected chi connectivity index (χ2v) is 12.7. The van der Waals surface area contributed by atoms with Gasteiger partial charge in [-0.25, -0.2) is 14.4 Å². The maximum absolute atomic E-state index is 13.4. The van der Waals surface area contributed by atoms with Crippen LogP contribution in [0.25, 0.3) is 0 Å². The van der Waals surface area contributed by atoms with Crippen molar-refractivity contribution in [2.24, 2.45) is 0 Å². The first-order valence-electron chi connectivity index (χ1n) is 8.50. The van der Waals surface area contributed by atoms with Crippen molar-refractivity contribution in [2.45, 2.75) is 0 Å². The zero-order valence-corrected chi connectivity index (χ0v) is 29.2. The van der Waals surface area contributed by atoms with Crippen molar-refractivity contribution >= 4 is 177 Å². The van der Waals surface area contributed by atoms with E-state index in [4.69, 9.17) is 5.11 Å². The topological polar surface area (TPSA) is 190 Å². The number of nitrogens with one attached hydrogen (secondary N) is 2. The van der Waals surface area contributed by atoms with E-state index in [-0.39, 0.29) is 55.0 Å². The van der Waals surface area contributed by atoms with Crippen LogP contribution in [0.3, 0.4) is 0 Å². The van der Waals surface area contributed by atoms with Crippen LogP contribution >= 0.6 is 136 Å². The van der Waals surface area contributed by atoms with Gasteiger partial charge in [-0.15, -0.1) is 0 Å². The molecule has 186 valence electrons. The van der Waals surface area contributed by atoms with Crippen LogP contribution < -0.4 is 10.6 Å². The minimum absolute atomic E-state index is 0.00216. The first kappa shape index (κ1) is 31.3. The normalized spacial score (nSPS) is 10.6. The standard InChI is InChI=1S/C18H8I6N2O9/c19-7-3(9(21)13(25-2(28)1-27)10(22)4(7)16(30)31)15(29)26-14-11(23)5(17(32)33)8(20)6(12(14)24)18(34)35/h27H,1H2,(H,25,28)(H,26,29)(H,30,31)(H,32,33)(H,34,35). The number of hydrogen-bond donors (Lipinski definition) is 6. The van der Waals surface area contributed by atoms with Gasteiger partial charge < -0.3 is 31.1 Å². The quantitative estimate of drug-likeness (QED) is 0.216. The van der Waals surface area contributed by atoms with Crippen LogP contribution in [-0.2, 0) is 4.79 Å². The van der Waals surface area contributed by atoms with Gasteiger partial charge in [-0.3, -0.25) is 9.59 Å². The van der Waals surface area contributed by atoms with Gasteiger partial charge in [0.05, 0.1) is 47.9 Å². The number of anilines is 2. The van der Waals surface area contributed by atoms with E-state index < -0.39 is 36.3 Å². The largest absolute Gasteiger partial charge is 0.478 e. The molecule has 0 radical (unpaired) electrons. The Morgan fingerprint density at radius 3 is 1.20 bits per heavy atom. The lowest BCUT2D eigenvalue weighted by Crippen LogP contribution is -2.25. The first-order chi connectivity index (χ1) is 16.2. The Hall–Kier alpha value is 0.130. The molecule has 0 bridgehead atoms. The smallest absolute Gasteiger partial charge is 0.337 e. The van der Waals surface area contributed by atoms with E-state index in [1.54, 1.807) is 136 Å². The molecule has 0 aliphatic heterocycles. The van der Waals surface area contributed by atoms with Gasteiger partial charge in [0.15, 0.2) is 0 Å². The lowest BCUT2D eigenvalue weighted by atomic mass is 10.1. The number of carbonyl (C=O) groups is 5. The number of aliphatic hydroxyl groups is 1. The minimum Gasteiger partial charge on any atom is -0.478 e. The fraction of sp³-hybridized carbons (Fsp3) is 0.0556. The zero-order chi connectivity index (χ0) is 26.9. The predicted molar refractivity (Wildman–Crippen MR) is 174 cm³/mol. The Bertz CT molecular complexity index is 1290. The van der Waals surface area contributed by atoms with E-state index in [1.807, 2.05) is 0 Å². The summed E-state index contributed by atoms with van der Waals surface area (Å²) >= 11 is 10.1. The SMILES string of the molecule is O=C(CO)Nc1c(I)c(C(=O)O)c(I)c(C(=O)Nc2c(I)c(C(=O)O)c(I)c(C(=O)O)c2I)c1I. The van der Waals surface area contributed by atoms with E-state index in [0.29, 0.717) is 0 Å². The Labute approximate surface area is 277 Å². The zero-order valence-electron chi connectivity index (χ0n) is 16.3. The van der Waals surface area contributed by atoms with Gasteiger partial charge in [-0.2, -0.15) is 0 Å². The van der Waals surface area contributed by atoms with Crippen molar-refractivity contribution in [1.29, 1.82) is 0 Å². The van der Waals surface area contributed by atoms with Crippen LogP contribution in [0, 0.1) is 21.4 Å². The number of carbonyl (C=O) groups excluding carboxylic acids is 2. The second kappa shape index (κ2) is 12.8. The monoisotopic (exact) mass is 1160 g/mol. The molecule has 11 nitrogen and oxygen atoms in total. The first-order valence-corrected chi connectivity index (χ1v) is 15.0. The molecule has 0 unspecified atom stereocenters. The van der Waals surface area contributed by atoms with Crippen LogP contribution in [0.2, 0.25) is 0 Å².